The smallest absolute Gasteiger partial charge is 0.399 e. The van der Waals surface area contributed by atoms with Gasteiger partial charge in [-0.25, -0.2) is 0 Å². The van der Waals surface area contributed by atoms with Gasteiger partial charge in [0.05, 0.1) is 34.7 Å². The second-order valence-corrected chi connectivity index (χ2v) is 10.4. The van der Waals surface area contributed by atoms with E-state index >= 15 is 0 Å². The Morgan fingerprint density at radius 2 is 1.53 bits per heavy atom. The third kappa shape index (κ3) is 6.57. The van der Waals surface area contributed by atoms with Gasteiger partial charge in [-0.1, -0.05) is 25.5 Å². The minimum Gasteiger partial charge on any atom is -0.399 e. The molecule has 2 aromatic carbocycles. The van der Waals surface area contributed by atoms with E-state index in [1.165, 1.54) is 0 Å². The van der Waals surface area contributed by atoms with E-state index in [1.807, 2.05) is 53.4 Å². The SMILES string of the molecule is CCN(CC)CC(=O)Nc1ccc(C(F)(F)F)cc1NC(=O)c1ccc(C)c(B2OC(C)(C)C(C)(C)O2)c1. The summed E-state index contributed by atoms with van der Waals surface area (Å²) in [4.78, 5) is 27.6. The number of alkyl halides is 3. The molecule has 0 spiro atoms. The molecule has 3 rings (SSSR count). The van der Waals surface area contributed by atoms with E-state index in [2.05, 4.69) is 10.6 Å². The molecule has 206 valence electrons. The Hall–Kier alpha value is -2.89. The van der Waals surface area contributed by atoms with Gasteiger partial charge in [0.15, 0.2) is 0 Å². The lowest BCUT2D eigenvalue weighted by molar-refractivity contribution is -0.137. The fourth-order valence-electron chi connectivity index (χ4n) is 3.97. The van der Waals surface area contributed by atoms with Gasteiger partial charge in [0.25, 0.3) is 5.91 Å². The molecule has 0 aromatic heterocycles. The molecular formula is C27H35BF3N3O4. The van der Waals surface area contributed by atoms with Gasteiger partial charge in [0.2, 0.25) is 5.91 Å². The van der Waals surface area contributed by atoms with Crippen LogP contribution in [0.2, 0.25) is 0 Å². The molecular weight excluding hydrogens is 498 g/mol. The Kier molecular flexibility index (Phi) is 8.65. The van der Waals surface area contributed by atoms with Gasteiger partial charge in [-0.05, 0) is 83.5 Å². The highest BCUT2D eigenvalue weighted by atomic mass is 19.4. The third-order valence-corrected chi connectivity index (χ3v) is 7.18. The number of anilines is 2. The van der Waals surface area contributed by atoms with Crippen LogP contribution >= 0.6 is 0 Å². The van der Waals surface area contributed by atoms with Crippen molar-refractivity contribution in [2.75, 3.05) is 30.3 Å². The van der Waals surface area contributed by atoms with E-state index in [1.54, 1.807) is 18.2 Å². The molecule has 38 heavy (non-hydrogen) atoms. The molecule has 0 unspecified atom stereocenters. The molecule has 0 radical (unpaired) electrons. The Morgan fingerprint density at radius 3 is 2.08 bits per heavy atom. The maximum Gasteiger partial charge on any atom is 0.495 e. The first-order valence-electron chi connectivity index (χ1n) is 12.6. The highest BCUT2D eigenvalue weighted by molar-refractivity contribution is 6.62. The molecule has 1 fully saturated rings. The molecule has 1 saturated heterocycles. The van der Waals surface area contributed by atoms with Gasteiger partial charge in [-0.3, -0.25) is 14.5 Å². The number of benzene rings is 2. The van der Waals surface area contributed by atoms with Crippen LogP contribution in [0.25, 0.3) is 0 Å². The number of hydrogen-bond donors (Lipinski definition) is 2. The lowest BCUT2D eigenvalue weighted by Gasteiger charge is -2.32. The summed E-state index contributed by atoms with van der Waals surface area (Å²) in [6.07, 6.45) is -4.63. The summed E-state index contributed by atoms with van der Waals surface area (Å²) < 4.78 is 52.6. The lowest BCUT2D eigenvalue weighted by Crippen LogP contribution is -2.41. The molecule has 11 heteroatoms. The minimum absolute atomic E-state index is 0.0663. The average molecular weight is 533 g/mol. The van der Waals surface area contributed by atoms with Gasteiger partial charge in [-0.2, -0.15) is 13.2 Å². The summed E-state index contributed by atoms with van der Waals surface area (Å²) in [7, 11) is -0.712. The molecule has 2 amide bonds. The van der Waals surface area contributed by atoms with E-state index in [4.69, 9.17) is 9.31 Å². The summed E-state index contributed by atoms with van der Waals surface area (Å²) in [6.45, 7) is 14.7. The zero-order valence-electron chi connectivity index (χ0n) is 22.9. The summed E-state index contributed by atoms with van der Waals surface area (Å²) in [5.41, 5.74) is -0.513. The highest BCUT2D eigenvalue weighted by Gasteiger charge is 2.52. The van der Waals surface area contributed by atoms with Gasteiger partial charge in [0, 0.05) is 5.56 Å². The summed E-state index contributed by atoms with van der Waals surface area (Å²) in [6, 6.07) is 7.74. The number of aryl methyl sites for hydroxylation is 1. The third-order valence-electron chi connectivity index (χ3n) is 7.18. The van der Waals surface area contributed by atoms with Crippen LogP contribution in [0.15, 0.2) is 36.4 Å². The van der Waals surface area contributed by atoms with Gasteiger partial charge in [0.1, 0.15) is 0 Å². The summed E-state index contributed by atoms with van der Waals surface area (Å²) >= 11 is 0. The van der Waals surface area contributed by atoms with Crippen LogP contribution in [0, 0.1) is 6.92 Å². The van der Waals surface area contributed by atoms with E-state index in [-0.39, 0.29) is 23.5 Å². The Balaban J connectivity index is 1.90. The summed E-state index contributed by atoms with van der Waals surface area (Å²) in [5, 5.41) is 5.17. The van der Waals surface area contributed by atoms with Gasteiger partial charge >= 0.3 is 13.3 Å². The highest BCUT2D eigenvalue weighted by Crippen LogP contribution is 2.37. The second-order valence-electron chi connectivity index (χ2n) is 10.4. The fraction of sp³-hybridized carbons (Fsp3) is 0.481. The molecule has 0 saturated carbocycles. The van der Waals surface area contributed by atoms with Gasteiger partial charge < -0.3 is 19.9 Å². The predicted molar refractivity (Wildman–Crippen MR) is 143 cm³/mol. The van der Waals surface area contributed by atoms with Crippen molar-refractivity contribution >= 4 is 35.8 Å². The Labute approximate surface area is 222 Å². The first-order chi connectivity index (χ1) is 17.6. The van der Waals surface area contributed by atoms with Crippen LogP contribution in [0.1, 0.15) is 63.0 Å². The normalized spacial score (nSPS) is 16.6. The van der Waals surface area contributed by atoms with Crippen molar-refractivity contribution in [3.63, 3.8) is 0 Å². The molecule has 1 heterocycles. The van der Waals surface area contributed by atoms with Crippen molar-refractivity contribution in [2.45, 2.75) is 65.8 Å². The predicted octanol–water partition coefficient (Wildman–Crippen LogP) is 4.85. The lowest BCUT2D eigenvalue weighted by atomic mass is 9.75. The molecule has 7 nitrogen and oxygen atoms in total. The number of amides is 2. The number of nitrogens with one attached hydrogen (secondary N) is 2. The molecule has 0 aliphatic carbocycles. The summed E-state index contributed by atoms with van der Waals surface area (Å²) in [5.74, 6) is -1.04. The standard InChI is InChI=1S/C27H35BF3N3O4/c1-8-34(9-2)16-23(35)32-21-13-12-19(27(29,30)31)15-22(21)33-24(36)18-11-10-17(3)20(14-18)28-37-25(4,5)26(6,7)38-28/h10-15H,8-9,16H2,1-7H3,(H,32,35)(H,33,36). The van der Waals surface area contributed by atoms with E-state index < -0.39 is 41.9 Å². The van der Waals surface area contributed by atoms with Crippen LogP contribution in [0.5, 0.6) is 0 Å². The van der Waals surface area contributed by atoms with Crippen LogP contribution in [0.4, 0.5) is 24.5 Å². The number of hydrogen-bond acceptors (Lipinski definition) is 5. The van der Waals surface area contributed by atoms with E-state index in [9.17, 15) is 22.8 Å². The quantitative estimate of drug-likeness (QED) is 0.475. The largest absolute Gasteiger partial charge is 0.495 e. The molecule has 2 N–H and O–H groups in total. The topological polar surface area (TPSA) is 79.9 Å². The molecule has 0 bridgehead atoms. The fourth-order valence-corrected chi connectivity index (χ4v) is 3.97. The number of carbonyl (C=O) groups is 2. The molecule has 1 aliphatic heterocycles. The van der Waals surface area contributed by atoms with Crippen molar-refractivity contribution in [1.29, 1.82) is 0 Å². The number of likely N-dealkylation sites (N-methyl/N-ethyl adjacent to an activating group) is 1. The zero-order valence-corrected chi connectivity index (χ0v) is 22.9. The number of halogens is 3. The first kappa shape index (κ1) is 29.7. The maximum absolute atomic E-state index is 13.4. The van der Waals surface area contributed by atoms with E-state index in [0.717, 1.165) is 23.8 Å². The van der Waals surface area contributed by atoms with E-state index in [0.29, 0.717) is 18.6 Å². The second kappa shape index (κ2) is 11.1. The van der Waals surface area contributed by atoms with Crippen molar-refractivity contribution < 1.29 is 32.1 Å². The first-order valence-corrected chi connectivity index (χ1v) is 12.6. The number of carbonyl (C=O) groups excluding carboxylic acids is 2. The molecule has 2 aromatic rings. The average Bonchev–Trinajstić information content (AvgIpc) is 3.04. The minimum atomic E-state index is -4.63. The monoisotopic (exact) mass is 533 g/mol. The van der Waals surface area contributed by atoms with Gasteiger partial charge in [-0.15, -0.1) is 0 Å². The van der Waals surface area contributed by atoms with Crippen molar-refractivity contribution in [2.24, 2.45) is 0 Å². The van der Waals surface area contributed by atoms with Crippen molar-refractivity contribution in [3.05, 3.63) is 53.1 Å². The van der Waals surface area contributed by atoms with Crippen LogP contribution < -0.4 is 16.1 Å². The van der Waals surface area contributed by atoms with Crippen LogP contribution in [-0.4, -0.2) is 54.7 Å². The van der Waals surface area contributed by atoms with Crippen LogP contribution in [-0.2, 0) is 20.3 Å². The molecule has 1 aliphatic rings. The maximum atomic E-state index is 13.4. The zero-order chi connectivity index (χ0) is 28.5. The number of rotatable bonds is 8. The Bertz CT molecular complexity index is 1180. The van der Waals surface area contributed by atoms with Crippen LogP contribution in [0.3, 0.4) is 0 Å². The Morgan fingerprint density at radius 1 is 0.921 bits per heavy atom. The van der Waals surface area contributed by atoms with Crippen molar-refractivity contribution in [3.8, 4) is 0 Å². The number of nitrogens with zero attached hydrogens (tertiary/aromatic N) is 1. The van der Waals surface area contributed by atoms with Crippen molar-refractivity contribution in [1.82, 2.24) is 4.90 Å². The molecule has 0 atom stereocenters.